The predicted octanol–water partition coefficient (Wildman–Crippen LogP) is 20.1. The lowest BCUT2D eigenvalue weighted by Gasteiger charge is -2.36. The zero-order valence-corrected chi connectivity index (χ0v) is 47.6. The third-order valence-corrected chi connectivity index (χ3v) is 15.2. The Morgan fingerprint density at radius 3 is 0.754 bits per heavy atom. The number of rotatable bonds is 50. The first-order chi connectivity index (χ1) is 33.5. The Hall–Kier alpha value is -1.92. The summed E-state index contributed by atoms with van der Waals surface area (Å²) in [7, 11) is 0. The van der Waals surface area contributed by atoms with Crippen molar-refractivity contribution < 1.29 is 19.8 Å². The number of benzene rings is 1. The summed E-state index contributed by atoms with van der Waals surface area (Å²) in [5.41, 5.74) is 3.08. The molecule has 0 amide bonds. The van der Waals surface area contributed by atoms with Crippen LogP contribution in [-0.4, -0.2) is 56.1 Å². The van der Waals surface area contributed by atoms with Crippen LogP contribution >= 0.6 is 0 Å². The summed E-state index contributed by atoms with van der Waals surface area (Å²) >= 11 is 0. The number of hydrogen-bond acceptors (Lipinski definition) is 4. The van der Waals surface area contributed by atoms with E-state index in [-0.39, 0.29) is 0 Å². The molecule has 6 heteroatoms. The first-order valence-corrected chi connectivity index (χ1v) is 30.5. The van der Waals surface area contributed by atoms with Crippen molar-refractivity contribution in [1.29, 1.82) is 0 Å². The van der Waals surface area contributed by atoms with E-state index >= 15 is 0 Å². The molecule has 0 radical (unpaired) electrons. The van der Waals surface area contributed by atoms with Crippen molar-refractivity contribution in [3.63, 3.8) is 0 Å². The van der Waals surface area contributed by atoms with Gasteiger partial charge in [0.1, 0.15) is 6.42 Å². The molecule has 0 saturated carbocycles. The molecule has 0 aliphatic heterocycles. The molecule has 1 aromatic carbocycles. The van der Waals surface area contributed by atoms with Crippen LogP contribution in [0, 0.1) is 0 Å². The second-order valence-corrected chi connectivity index (χ2v) is 22.0. The molecule has 0 aliphatic rings. The Balaban J connectivity index is 0.00000609. The van der Waals surface area contributed by atoms with Gasteiger partial charge in [-0.15, -0.1) is 0 Å². The molecule has 69 heavy (non-hydrogen) atoms. The summed E-state index contributed by atoms with van der Waals surface area (Å²) in [6.07, 6.45) is 55.7. The molecule has 406 valence electrons. The van der Waals surface area contributed by atoms with Crippen molar-refractivity contribution >= 4 is 11.9 Å². The average molecular weight is 970 g/mol. The Morgan fingerprint density at radius 2 is 0.565 bits per heavy atom. The van der Waals surface area contributed by atoms with E-state index < -0.39 is 18.4 Å². The number of carboxylic acids is 2. The van der Waals surface area contributed by atoms with Crippen molar-refractivity contribution in [2.45, 2.75) is 356 Å². The van der Waals surface area contributed by atoms with Crippen LogP contribution in [-0.2, 0) is 22.7 Å². The molecule has 6 nitrogen and oxygen atoms in total. The van der Waals surface area contributed by atoms with Crippen molar-refractivity contribution in [3.05, 3.63) is 35.4 Å². The van der Waals surface area contributed by atoms with Crippen LogP contribution in [0.5, 0.6) is 0 Å². The first-order valence-electron chi connectivity index (χ1n) is 30.5. The molecular formula is C63H120N2O4. The topological polar surface area (TPSA) is 81.1 Å². The van der Waals surface area contributed by atoms with Crippen LogP contribution in [0.25, 0.3) is 0 Å². The molecule has 0 bridgehead atoms. The molecule has 0 aromatic heterocycles. The van der Waals surface area contributed by atoms with Crippen LogP contribution in [0.1, 0.15) is 330 Å². The van der Waals surface area contributed by atoms with Gasteiger partial charge in [0.05, 0.1) is 0 Å². The predicted molar refractivity (Wildman–Crippen MR) is 303 cm³/mol. The Kier molecular flexibility index (Phi) is 48.3. The smallest absolute Gasteiger partial charge is 0.314 e. The first kappa shape index (κ1) is 67.1. The molecule has 4 atom stereocenters. The van der Waals surface area contributed by atoms with E-state index in [1.807, 2.05) is 0 Å². The van der Waals surface area contributed by atoms with E-state index in [2.05, 4.69) is 89.5 Å². The fourth-order valence-corrected chi connectivity index (χ4v) is 10.5. The lowest BCUT2D eigenvalue weighted by molar-refractivity contribution is -0.147. The number of unbranched alkanes of at least 4 members (excludes halogenated alkanes) is 32. The zero-order chi connectivity index (χ0) is 51.0. The molecule has 0 heterocycles. The summed E-state index contributed by atoms with van der Waals surface area (Å²) < 4.78 is 0. The molecule has 0 fully saturated rings. The van der Waals surface area contributed by atoms with E-state index in [1.54, 1.807) is 11.1 Å². The molecular weight excluding hydrogens is 849 g/mol. The molecule has 2 N–H and O–H groups in total. The van der Waals surface area contributed by atoms with Gasteiger partial charge in [-0.05, 0) is 64.5 Å². The number of carboxylic acid groups (broad SMARTS) is 2. The van der Waals surface area contributed by atoms with Gasteiger partial charge in [-0.2, -0.15) is 0 Å². The lowest BCUT2D eigenvalue weighted by atomic mass is 9.99. The van der Waals surface area contributed by atoms with Gasteiger partial charge < -0.3 is 10.2 Å². The minimum absolute atomic E-state index is 0.640. The summed E-state index contributed by atoms with van der Waals surface area (Å²) in [6.45, 7) is 21.8. The van der Waals surface area contributed by atoms with Crippen molar-refractivity contribution in [2.24, 2.45) is 0 Å². The van der Waals surface area contributed by atoms with Gasteiger partial charge in [0, 0.05) is 37.3 Å². The second-order valence-electron chi connectivity index (χ2n) is 22.0. The van der Waals surface area contributed by atoms with Crippen molar-refractivity contribution in [2.75, 3.05) is 0 Å². The van der Waals surface area contributed by atoms with Gasteiger partial charge >= 0.3 is 11.9 Å². The maximum absolute atomic E-state index is 9.43. The summed E-state index contributed by atoms with van der Waals surface area (Å²) in [5, 5.41) is 15.4. The summed E-state index contributed by atoms with van der Waals surface area (Å²) in [5.74, 6) is -2.62. The van der Waals surface area contributed by atoms with E-state index in [1.165, 1.54) is 257 Å². The van der Waals surface area contributed by atoms with Gasteiger partial charge in [-0.3, -0.25) is 19.4 Å². The highest BCUT2D eigenvalue weighted by Crippen LogP contribution is 2.25. The second kappa shape index (κ2) is 49.6. The summed E-state index contributed by atoms with van der Waals surface area (Å²) in [6, 6.07) is 12.5. The number of aliphatic carboxylic acids is 2. The van der Waals surface area contributed by atoms with Crippen molar-refractivity contribution in [3.8, 4) is 0 Å². The number of nitrogens with zero attached hydrogens (tertiary/aromatic N) is 2. The molecule has 0 saturated heterocycles. The quantitative estimate of drug-likeness (QED) is 0.0500. The lowest BCUT2D eigenvalue weighted by Crippen LogP contribution is -2.40. The standard InChI is InChI=1S/C60H116N2.C3H4O4/c1-9-13-17-21-25-29-33-37-41-46-55(5)61(56(6)47-42-38-34-30-26-22-18-14-10-2)53-59-50-45-51-60(52-59)54-62(57(7)48-43-39-35-31-27-23-19-15-11-3)58(8)49-44-40-36-32-28-24-20-16-12-4;4-2(5)1-3(6)7/h45,50-52,55-58H,9-44,46-49,53-54H2,1-8H3;1H2,(H,4,5)(H,6,7). The van der Waals surface area contributed by atoms with Crippen LogP contribution < -0.4 is 0 Å². The highest BCUT2D eigenvalue weighted by atomic mass is 16.4. The highest BCUT2D eigenvalue weighted by Gasteiger charge is 2.23. The van der Waals surface area contributed by atoms with Gasteiger partial charge in [-0.1, -0.05) is 283 Å². The molecule has 0 spiro atoms. The maximum Gasteiger partial charge on any atom is 0.314 e. The van der Waals surface area contributed by atoms with E-state index in [9.17, 15) is 9.59 Å². The zero-order valence-electron chi connectivity index (χ0n) is 47.6. The van der Waals surface area contributed by atoms with E-state index in [4.69, 9.17) is 10.2 Å². The fraction of sp³-hybridized carbons (Fsp3) is 0.873. The van der Waals surface area contributed by atoms with E-state index in [0.717, 1.165) is 13.1 Å². The average Bonchev–Trinajstić information content (AvgIpc) is 3.32. The van der Waals surface area contributed by atoms with Gasteiger partial charge in [0.15, 0.2) is 0 Å². The normalized spacial score (nSPS) is 13.4. The van der Waals surface area contributed by atoms with Gasteiger partial charge in [0.25, 0.3) is 0 Å². The van der Waals surface area contributed by atoms with Crippen molar-refractivity contribution in [1.82, 2.24) is 9.80 Å². The number of hydrogen-bond donors (Lipinski definition) is 2. The van der Waals surface area contributed by atoms with Gasteiger partial charge in [-0.25, -0.2) is 0 Å². The van der Waals surface area contributed by atoms with E-state index in [0.29, 0.717) is 24.2 Å². The van der Waals surface area contributed by atoms with Crippen LogP contribution in [0.2, 0.25) is 0 Å². The molecule has 1 aromatic rings. The SMILES string of the molecule is CCCCCCCCCCCC(C)N(Cc1cccc(CN(C(C)CCCCCCCCCCC)C(C)CCCCCCCCCCC)c1)C(C)CCCCCCCCCCC.O=C(O)CC(=O)O. The Labute approximate surface area is 431 Å². The third-order valence-electron chi connectivity index (χ3n) is 15.2. The molecule has 4 unspecified atom stereocenters. The molecule has 1 rings (SSSR count). The van der Waals surface area contributed by atoms with Gasteiger partial charge in [0.2, 0.25) is 0 Å². The third kappa shape index (κ3) is 42.3. The maximum atomic E-state index is 9.43. The molecule has 0 aliphatic carbocycles. The minimum atomic E-state index is -1.31. The Morgan fingerprint density at radius 1 is 0.362 bits per heavy atom. The minimum Gasteiger partial charge on any atom is -0.481 e. The van der Waals surface area contributed by atoms with Crippen LogP contribution in [0.3, 0.4) is 0 Å². The monoisotopic (exact) mass is 969 g/mol. The summed E-state index contributed by atoms with van der Waals surface area (Å²) in [4.78, 5) is 24.7. The van der Waals surface area contributed by atoms with Crippen LogP contribution in [0.4, 0.5) is 0 Å². The highest BCUT2D eigenvalue weighted by molar-refractivity contribution is 5.88. The number of carbonyl (C=O) groups is 2. The van der Waals surface area contributed by atoms with Crippen LogP contribution in [0.15, 0.2) is 24.3 Å². The fourth-order valence-electron chi connectivity index (χ4n) is 10.5. The largest absolute Gasteiger partial charge is 0.481 e. The Bertz CT molecular complexity index is 1110.